The fourth-order valence-electron chi connectivity index (χ4n) is 4.36. The number of benzene rings is 1. The van der Waals surface area contributed by atoms with Gasteiger partial charge in [-0.2, -0.15) is 0 Å². The maximum Gasteiger partial charge on any atom is 0.295 e. The number of carbonyl (C=O) groups is 2. The molecule has 30 heavy (non-hydrogen) atoms. The summed E-state index contributed by atoms with van der Waals surface area (Å²) in [6.45, 7) is 4.66. The standard InChI is InChI=1S/C23H25NO6/c1-13-10-14(2)22(28-3)16(11-13)20(25)18-19(17-7-5-9-30-17)24(23(27)21(18)26)12-15-6-4-8-29-15/h5,7,9-11,15,19,25H,4,6,8,12H2,1-3H3/b20-18-. The zero-order valence-electron chi connectivity index (χ0n) is 17.3. The van der Waals surface area contributed by atoms with Crippen LogP contribution in [0.3, 0.4) is 0 Å². The van der Waals surface area contributed by atoms with Gasteiger partial charge in [0.1, 0.15) is 23.3 Å². The van der Waals surface area contributed by atoms with E-state index >= 15 is 0 Å². The number of ether oxygens (including phenoxy) is 2. The number of amides is 1. The molecule has 7 nitrogen and oxygen atoms in total. The van der Waals surface area contributed by atoms with Crippen LogP contribution in [0.4, 0.5) is 0 Å². The summed E-state index contributed by atoms with van der Waals surface area (Å²) in [6.07, 6.45) is 3.08. The van der Waals surface area contributed by atoms with E-state index in [1.165, 1.54) is 18.3 Å². The molecule has 0 radical (unpaired) electrons. The van der Waals surface area contributed by atoms with Gasteiger partial charge < -0.3 is 23.9 Å². The number of furan rings is 1. The molecule has 0 spiro atoms. The number of hydrogen-bond acceptors (Lipinski definition) is 6. The predicted molar refractivity (Wildman–Crippen MR) is 109 cm³/mol. The summed E-state index contributed by atoms with van der Waals surface area (Å²) in [6, 6.07) is 6.24. The molecule has 2 aliphatic heterocycles. The highest BCUT2D eigenvalue weighted by Gasteiger charge is 2.48. The second kappa shape index (κ2) is 7.99. The average molecular weight is 411 g/mol. The molecule has 0 saturated carbocycles. The number of methoxy groups -OCH3 is 1. The van der Waals surface area contributed by atoms with Crippen LogP contribution in [0.2, 0.25) is 0 Å². The van der Waals surface area contributed by atoms with Crippen molar-refractivity contribution in [2.75, 3.05) is 20.3 Å². The summed E-state index contributed by atoms with van der Waals surface area (Å²) in [7, 11) is 1.51. The Bertz CT molecular complexity index is 1000. The predicted octanol–water partition coefficient (Wildman–Crippen LogP) is 3.51. The first-order chi connectivity index (χ1) is 14.4. The van der Waals surface area contributed by atoms with Crippen LogP contribution < -0.4 is 4.74 Å². The number of ketones is 1. The molecule has 0 aliphatic carbocycles. The highest BCUT2D eigenvalue weighted by molar-refractivity contribution is 6.46. The highest BCUT2D eigenvalue weighted by atomic mass is 16.5. The molecular formula is C23H25NO6. The van der Waals surface area contributed by atoms with E-state index in [2.05, 4.69) is 0 Å². The molecule has 4 rings (SSSR count). The summed E-state index contributed by atoms with van der Waals surface area (Å²) >= 11 is 0. The number of nitrogens with zero attached hydrogens (tertiary/aromatic N) is 1. The fraction of sp³-hybridized carbons (Fsp3) is 0.391. The van der Waals surface area contributed by atoms with E-state index in [0.29, 0.717) is 23.7 Å². The average Bonchev–Trinajstić information content (AvgIpc) is 3.46. The minimum absolute atomic E-state index is 0.00348. The maximum atomic E-state index is 13.0. The van der Waals surface area contributed by atoms with Crippen molar-refractivity contribution in [3.05, 3.63) is 58.6 Å². The van der Waals surface area contributed by atoms with Crippen LogP contribution >= 0.6 is 0 Å². The fourth-order valence-corrected chi connectivity index (χ4v) is 4.36. The lowest BCUT2D eigenvalue weighted by atomic mass is 9.96. The number of aryl methyl sites for hydroxylation is 2. The Morgan fingerprint density at radius 2 is 2.10 bits per heavy atom. The lowest BCUT2D eigenvalue weighted by Gasteiger charge is -2.25. The van der Waals surface area contributed by atoms with E-state index in [-0.39, 0.29) is 24.0 Å². The van der Waals surface area contributed by atoms with E-state index in [9.17, 15) is 14.7 Å². The van der Waals surface area contributed by atoms with E-state index in [1.807, 2.05) is 19.9 Å². The zero-order valence-corrected chi connectivity index (χ0v) is 17.3. The number of hydrogen-bond donors (Lipinski definition) is 1. The maximum absolute atomic E-state index is 13.0. The van der Waals surface area contributed by atoms with E-state index in [1.54, 1.807) is 18.2 Å². The lowest BCUT2D eigenvalue weighted by Crippen LogP contribution is -2.36. The van der Waals surface area contributed by atoms with Crippen LogP contribution in [0.1, 0.15) is 41.3 Å². The van der Waals surface area contributed by atoms with E-state index in [4.69, 9.17) is 13.9 Å². The quantitative estimate of drug-likeness (QED) is 0.460. The van der Waals surface area contributed by atoms with Crippen molar-refractivity contribution in [2.45, 2.75) is 38.8 Å². The Kier molecular flexibility index (Phi) is 5.39. The summed E-state index contributed by atoms with van der Waals surface area (Å²) in [5, 5.41) is 11.2. The van der Waals surface area contributed by atoms with Crippen molar-refractivity contribution in [3.63, 3.8) is 0 Å². The second-order valence-electron chi connectivity index (χ2n) is 7.76. The summed E-state index contributed by atoms with van der Waals surface area (Å²) in [5.74, 6) is -0.808. The highest BCUT2D eigenvalue weighted by Crippen LogP contribution is 2.42. The van der Waals surface area contributed by atoms with Gasteiger partial charge in [0.15, 0.2) is 0 Å². The third-order valence-electron chi connectivity index (χ3n) is 5.66. The second-order valence-corrected chi connectivity index (χ2v) is 7.76. The van der Waals surface area contributed by atoms with Crippen molar-refractivity contribution in [1.82, 2.24) is 4.90 Å². The number of aliphatic hydroxyl groups excluding tert-OH is 1. The number of aliphatic hydroxyl groups is 1. The first kappa shape index (κ1) is 20.2. The Hall–Kier alpha value is -3.06. The summed E-state index contributed by atoms with van der Waals surface area (Å²) in [5.41, 5.74) is 2.10. The Labute approximate surface area is 174 Å². The van der Waals surface area contributed by atoms with Gasteiger partial charge in [0, 0.05) is 13.2 Å². The Morgan fingerprint density at radius 3 is 2.73 bits per heavy atom. The third kappa shape index (κ3) is 3.39. The van der Waals surface area contributed by atoms with Crippen molar-refractivity contribution in [1.29, 1.82) is 0 Å². The molecule has 158 valence electrons. The van der Waals surface area contributed by atoms with Gasteiger partial charge in [-0.15, -0.1) is 0 Å². The zero-order chi connectivity index (χ0) is 21.4. The minimum Gasteiger partial charge on any atom is -0.507 e. The van der Waals surface area contributed by atoms with Gasteiger partial charge in [-0.1, -0.05) is 6.07 Å². The Morgan fingerprint density at radius 1 is 1.30 bits per heavy atom. The molecule has 3 heterocycles. The molecule has 2 fully saturated rings. The molecule has 1 N–H and O–H groups in total. The van der Waals surface area contributed by atoms with Crippen LogP contribution in [-0.2, 0) is 14.3 Å². The molecule has 2 unspecified atom stereocenters. The number of Topliss-reactive ketones (excluding diaryl/α,β-unsaturated/α-hetero) is 1. The number of rotatable bonds is 5. The van der Waals surface area contributed by atoms with Crippen LogP contribution in [0.5, 0.6) is 5.75 Å². The molecule has 0 bridgehead atoms. The topological polar surface area (TPSA) is 89.2 Å². The van der Waals surface area contributed by atoms with Crippen LogP contribution in [-0.4, -0.2) is 48.1 Å². The number of carbonyl (C=O) groups excluding carboxylic acids is 2. The lowest BCUT2D eigenvalue weighted by molar-refractivity contribution is -0.141. The van der Waals surface area contributed by atoms with Crippen molar-refractivity contribution >= 4 is 17.4 Å². The van der Waals surface area contributed by atoms with Gasteiger partial charge in [0.05, 0.1) is 30.6 Å². The summed E-state index contributed by atoms with van der Waals surface area (Å²) in [4.78, 5) is 27.4. The largest absolute Gasteiger partial charge is 0.507 e. The number of likely N-dealkylation sites (tertiary alicyclic amines) is 1. The van der Waals surface area contributed by atoms with Crippen LogP contribution in [0.25, 0.3) is 5.76 Å². The molecule has 1 amide bonds. The molecule has 2 aromatic rings. The van der Waals surface area contributed by atoms with Gasteiger partial charge >= 0.3 is 0 Å². The Balaban J connectivity index is 1.86. The monoisotopic (exact) mass is 411 g/mol. The molecule has 7 heteroatoms. The minimum atomic E-state index is -0.824. The molecule has 2 aliphatic rings. The van der Waals surface area contributed by atoms with E-state index < -0.39 is 17.7 Å². The van der Waals surface area contributed by atoms with Gasteiger partial charge in [-0.25, -0.2) is 0 Å². The molecule has 1 aromatic heterocycles. The first-order valence-corrected chi connectivity index (χ1v) is 10.0. The van der Waals surface area contributed by atoms with Crippen LogP contribution in [0.15, 0.2) is 40.5 Å². The van der Waals surface area contributed by atoms with Crippen molar-refractivity contribution in [2.24, 2.45) is 0 Å². The van der Waals surface area contributed by atoms with Crippen LogP contribution in [0, 0.1) is 13.8 Å². The normalized spacial score (nSPS) is 23.4. The molecule has 2 atom stereocenters. The molecule has 1 aromatic carbocycles. The molecule has 2 saturated heterocycles. The smallest absolute Gasteiger partial charge is 0.295 e. The van der Waals surface area contributed by atoms with Gasteiger partial charge in [0.2, 0.25) is 0 Å². The third-order valence-corrected chi connectivity index (χ3v) is 5.66. The van der Waals surface area contributed by atoms with Crippen molar-refractivity contribution < 1.29 is 28.6 Å². The van der Waals surface area contributed by atoms with Gasteiger partial charge in [0.25, 0.3) is 11.7 Å². The summed E-state index contributed by atoms with van der Waals surface area (Å²) < 4.78 is 16.7. The van der Waals surface area contributed by atoms with Gasteiger partial charge in [-0.3, -0.25) is 9.59 Å². The van der Waals surface area contributed by atoms with Gasteiger partial charge in [-0.05, 0) is 56.0 Å². The first-order valence-electron chi connectivity index (χ1n) is 10.0. The molecular weight excluding hydrogens is 386 g/mol. The van der Waals surface area contributed by atoms with E-state index in [0.717, 1.165) is 24.0 Å². The SMILES string of the molecule is COc1c(C)cc(C)cc1/C(O)=C1/C(=O)C(=O)N(CC2CCCO2)C1c1ccco1. The van der Waals surface area contributed by atoms with Crippen molar-refractivity contribution in [3.8, 4) is 5.75 Å².